The van der Waals surface area contributed by atoms with E-state index in [1.54, 1.807) is 19.1 Å². The second-order valence-electron chi connectivity index (χ2n) is 5.56. The van der Waals surface area contributed by atoms with Gasteiger partial charge in [-0.05, 0) is 51.2 Å². The number of rotatable bonds is 6. The van der Waals surface area contributed by atoms with E-state index < -0.39 is 0 Å². The molecular weight excluding hydrogens is 242 g/mol. The fourth-order valence-electron chi connectivity index (χ4n) is 1.94. The van der Waals surface area contributed by atoms with Gasteiger partial charge in [0, 0.05) is 11.6 Å². The minimum Gasteiger partial charge on any atom is -0.490 e. The van der Waals surface area contributed by atoms with Crippen LogP contribution in [-0.4, -0.2) is 11.0 Å². The third kappa shape index (κ3) is 4.54. The van der Waals surface area contributed by atoms with Crippen LogP contribution in [0.25, 0.3) is 0 Å². The van der Waals surface area contributed by atoms with Crippen LogP contribution in [0.1, 0.15) is 44.7 Å². The smallest absolute Gasteiger partial charge is 0.272 e. The first-order chi connectivity index (χ1) is 8.81. The zero-order valence-electron chi connectivity index (χ0n) is 12.4. The molecule has 1 aromatic rings. The Balaban J connectivity index is 2.79. The second kappa shape index (κ2) is 6.55. The first-order valence-electron chi connectivity index (χ1n) is 6.73. The van der Waals surface area contributed by atoms with E-state index in [1.165, 1.54) is 0 Å². The van der Waals surface area contributed by atoms with Gasteiger partial charge in [0.25, 0.3) is 5.69 Å². The second-order valence-corrected chi connectivity index (χ2v) is 5.56. The number of hydrogen-bond donors (Lipinski definition) is 0. The fourth-order valence-corrected chi connectivity index (χ4v) is 1.94. The first-order valence-corrected chi connectivity index (χ1v) is 6.73. The highest BCUT2D eigenvalue weighted by Crippen LogP contribution is 2.28. The van der Waals surface area contributed by atoms with Gasteiger partial charge in [-0.15, -0.1) is 0 Å². The number of ether oxygens (including phenoxy) is 1. The number of nitrogens with zero attached hydrogens (tertiary/aromatic N) is 1. The van der Waals surface area contributed by atoms with Crippen LogP contribution in [0, 0.1) is 29.9 Å². The summed E-state index contributed by atoms with van der Waals surface area (Å²) in [5.74, 6) is 1.41. The number of aryl methyl sites for hydroxylation is 2. The molecule has 0 aliphatic rings. The molecule has 0 aliphatic heterocycles. The van der Waals surface area contributed by atoms with Gasteiger partial charge >= 0.3 is 0 Å². The maximum Gasteiger partial charge on any atom is 0.272 e. The van der Waals surface area contributed by atoms with E-state index >= 15 is 0 Å². The predicted molar refractivity (Wildman–Crippen MR) is 76.7 cm³/mol. The quantitative estimate of drug-likeness (QED) is 0.565. The molecule has 0 bridgehead atoms. The molecule has 4 nitrogen and oxygen atoms in total. The summed E-state index contributed by atoms with van der Waals surface area (Å²) in [5.41, 5.74) is 1.61. The van der Waals surface area contributed by atoms with Gasteiger partial charge < -0.3 is 4.74 Å². The maximum absolute atomic E-state index is 10.8. The van der Waals surface area contributed by atoms with E-state index in [9.17, 15) is 10.1 Å². The van der Waals surface area contributed by atoms with Crippen LogP contribution in [-0.2, 0) is 0 Å². The van der Waals surface area contributed by atoms with Crippen molar-refractivity contribution in [1.29, 1.82) is 0 Å². The number of nitro benzene ring substituents is 1. The summed E-state index contributed by atoms with van der Waals surface area (Å²) in [5, 5.41) is 10.8. The summed E-state index contributed by atoms with van der Waals surface area (Å²) >= 11 is 0. The lowest BCUT2D eigenvalue weighted by Crippen LogP contribution is -2.13. The highest BCUT2D eigenvalue weighted by molar-refractivity contribution is 5.49. The van der Waals surface area contributed by atoms with Gasteiger partial charge in [-0.25, -0.2) is 0 Å². The van der Waals surface area contributed by atoms with E-state index in [1.807, 2.05) is 13.8 Å². The number of hydrogen-bond acceptors (Lipinski definition) is 3. The molecular formula is C15H23NO3. The maximum atomic E-state index is 10.8. The molecule has 0 aliphatic carbocycles. The van der Waals surface area contributed by atoms with Crippen LogP contribution in [0.4, 0.5) is 5.69 Å². The van der Waals surface area contributed by atoms with Crippen LogP contribution >= 0.6 is 0 Å². The molecule has 1 atom stereocenters. The van der Waals surface area contributed by atoms with Gasteiger partial charge in [0.15, 0.2) is 0 Å². The van der Waals surface area contributed by atoms with Crippen LogP contribution in [0.3, 0.4) is 0 Å². The van der Waals surface area contributed by atoms with Crippen molar-refractivity contribution in [2.45, 2.75) is 53.6 Å². The summed E-state index contributed by atoms with van der Waals surface area (Å²) in [6, 6.07) is 3.35. The highest BCUT2D eigenvalue weighted by Gasteiger charge is 2.15. The Bertz CT molecular complexity index is 455. The van der Waals surface area contributed by atoms with Crippen LogP contribution in [0.2, 0.25) is 0 Å². The molecule has 1 unspecified atom stereocenters. The predicted octanol–water partition coefficient (Wildman–Crippen LogP) is 4.42. The Morgan fingerprint density at radius 2 is 1.79 bits per heavy atom. The summed E-state index contributed by atoms with van der Waals surface area (Å²) < 4.78 is 5.89. The molecule has 0 amide bonds. The lowest BCUT2D eigenvalue weighted by atomic mass is 10.1. The largest absolute Gasteiger partial charge is 0.490 e. The van der Waals surface area contributed by atoms with Crippen LogP contribution in [0.5, 0.6) is 5.75 Å². The third-order valence-corrected chi connectivity index (χ3v) is 3.17. The van der Waals surface area contributed by atoms with Crippen LogP contribution < -0.4 is 4.74 Å². The van der Waals surface area contributed by atoms with E-state index in [0.29, 0.717) is 11.5 Å². The Labute approximate surface area is 114 Å². The molecule has 0 aromatic heterocycles. The minimum atomic E-state index is -0.353. The van der Waals surface area contributed by atoms with Gasteiger partial charge in [0.05, 0.1) is 11.0 Å². The average Bonchev–Trinajstić information content (AvgIpc) is 2.30. The van der Waals surface area contributed by atoms with Crippen molar-refractivity contribution in [2.24, 2.45) is 5.92 Å². The summed E-state index contributed by atoms with van der Waals surface area (Å²) in [7, 11) is 0. The molecule has 1 rings (SSSR count). The lowest BCUT2D eigenvalue weighted by Gasteiger charge is -2.17. The first kappa shape index (κ1) is 15.5. The molecule has 1 aromatic carbocycles. The monoisotopic (exact) mass is 265 g/mol. The summed E-state index contributed by atoms with van der Waals surface area (Å²) in [6.07, 6.45) is 2.24. The van der Waals surface area contributed by atoms with E-state index in [0.717, 1.165) is 24.2 Å². The molecule has 0 N–H and O–H groups in total. The van der Waals surface area contributed by atoms with Gasteiger partial charge in [0.2, 0.25) is 0 Å². The molecule has 0 saturated heterocycles. The van der Waals surface area contributed by atoms with E-state index in [-0.39, 0.29) is 16.7 Å². The third-order valence-electron chi connectivity index (χ3n) is 3.17. The van der Waals surface area contributed by atoms with Gasteiger partial charge in [-0.3, -0.25) is 10.1 Å². The molecule has 0 saturated carbocycles. The Kier molecular flexibility index (Phi) is 5.33. The fraction of sp³-hybridized carbons (Fsp3) is 0.600. The van der Waals surface area contributed by atoms with Crippen molar-refractivity contribution < 1.29 is 9.66 Å². The number of benzene rings is 1. The average molecular weight is 265 g/mol. The summed E-state index contributed by atoms with van der Waals surface area (Å²) in [6.45, 7) is 10.0. The van der Waals surface area contributed by atoms with Crippen molar-refractivity contribution in [3.05, 3.63) is 33.4 Å². The molecule has 0 spiro atoms. The molecule has 0 radical (unpaired) electrons. The molecule has 4 heteroatoms. The van der Waals surface area contributed by atoms with Crippen molar-refractivity contribution >= 4 is 5.69 Å². The van der Waals surface area contributed by atoms with Crippen molar-refractivity contribution in [1.82, 2.24) is 0 Å². The zero-order chi connectivity index (χ0) is 14.6. The van der Waals surface area contributed by atoms with Crippen molar-refractivity contribution in [2.75, 3.05) is 0 Å². The molecule has 19 heavy (non-hydrogen) atoms. The topological polar surface area (TPSA) is 52.4 Å². The Morgan fingerprint density at radius 3 is 2.32 bits per heavy atom. The highest BCUT2D eigenvalue weighted by atomic mass is 16.6. The van der Waals surface area contributed by atoms with Crippen LogP contribution in [0.15, 0.2) is 12.1 Å². The normalized spacial score (nSPS) is 12.5. The summed E-state index contributed by atoms with van der Waals surface area (Å²) in [4.78, 5) is 10.5. The van der Waals surface area contributed by atoms with Gasteiger partial charge in [-0.1, -0.05) is 13.8 Å². The molecule has 0 heterocycles. The lowest BCUT2D eigenvalue weighted by molar-refractivity contribution is -0.385. The Hall–Kier alpha value is -1.58. The zero-order valence-corrected chi connectivity index (χ0v) is 12.4. The van der Waals surface area contributed by atoms with Crippen molar-refractivity contribution in [3.63, 3.8) is 0 Å². The standard InChI is InChI=1S/C15H23NO3/c1-10(2)6-7-13(5)19-15-9-11(3)14(16(17)18)8-12(15)4/h8-10,13H,6-7H2,1-5H3. The molecule has 106 valence electrons. The van der Waals surface area contributed by atoms with Gasteiger partial charge in [0.1, 0.15) is 5.75 Å². The van der Waals surface area contributed by atoms with E-state index in [4.69, 9.17) is 4.74 Å². The molecule has 0 fully saturated rings. The van der Waals surface area contributed by atoms with Crippen molar-refractivity contribution in [3.8, 4) is 5.75 Å². The number of nitro groups is 1. The SMILES string of the molecule is Cc1cc([N+](=O)[O-])c(C)cc1OC(C)CCC(C)C. The van der Waals surface area contributed by atoms with Gasteiger partial charge in [-0.2, -0.15) is 0 Å². The minimum absolute atomic E-state index is 0.127. The van der Waals surface area contributed by atoms with E-state index in [2.05, 4.69) is 13.8 Å². The Morgan fingerprint density at radius 1 is 1.16 bits per heavy atom.